The van der Waals surface area contributed by atoms with E-state index < -0.39 is 55.5 Å². The fourth-order valence-electron chi connectivity index (χ4n) is 2.67. The van der Waals surface area contributed by atoms with Gasteiger partial charge in [0.25, 0.3) is 0 Å². The van der Waals surface area contributed by atoms with Crippen LogP contribution in [0.1, 0.15) is 0 Å². The topological polar surface area (TPSA) is 24.9 Å². The average molecular weight is 420 g/mol. The lowest BCUT2D eigenvalue weighted by molar-refractivity contribution is -0.306. The van der Waals surface area contributed by atoms with E-state index in [9.17, 15) is 43.9 Å². The number of alkyl halides is 9. The number of halogens is 10. The molecule has 0 amide bonds. The smallest absolute Gasteiger partial charge is 0.378 e. The molecule has 2 saturated heterocycles. The summed E-state index contributed by atoms with van der Waals surface area (Å²) in [7, 11) is 0. The minimum absolute atomic E-state index is 0.0912. The molecule has 4 nitrogen and oxygen atoms in total. The van der Waals surface area contributed by atoms with E-state index in [1.807, 2.05) is 0 Å². The number of nitrogens with zero attached hydrogens (tertiary/aromatic N) is 2. The van der Waals surface area contributed by atoms with Crippen molar-refractivity contribution < 1.29 is 53.4 Å². The molecule has 2 heterocycles. The molecular formula is C13H14F10N2O2. The number of hydrogen-bond acceptors (Lipinski definition) is 4. The maximum Gasteiger partial charge on any atom is 0.446 e. The summed E-state index contributed by atoms with van der Waals surface area (Å²) < 4.78 is 139. The number of rotatable bonds is 2. The van der Waals surface area contributed by atoms with E-state index in [-0.39, 0.29) is 31.2 Å². The zero-order chi connectivity index (χ0) is 20.6. The van der Waals surface area contributed by atoms with Crippen molar-refractivity contribution in [3.8, 4) is 0 Å². The third-order valence-electron chi connectivity index (χ3n) is 3.89. The van der Waals surface area contributed by atoms with E-state index in [2.05, 4.69) is 4.74 Å². The molecule has 0 bridgehead atoms. The maximum atomic E-state index is 14.0. The van der Waals surface area contributed by atoms with E-state index in [4.69, 9.17) is 4.74 Å². The van der Waals surface area contributed by atoms with Gasteiger partial charge in [-0.1, -0.05) is 0 Å². The first kappa shape index (κ1) is 21.9. The number of morpholine rings is 2. The van der Waals surface area contributed by atoms with E-state index in [0.29, 0.717) is 0 Å². The fourth-order valence-corrected chi connectivity index (χ4v) is 2.67. The largest absolute Gasteiger partial charge is 0.446 e. The third kappa shape index (κ3) is 5.30. The highest BCUT2D eigenvalue weighted by atomic mass is 19.4. The van der Waals surface area contributed by atoms with Gasteiger partial charge in [0.1, 0.15) is 5.82 Å². The quantitative estimate of drug-likeness (QED) is 0.641. The molecule has 14 heteroatoms. The lowest BCUT2D eigenvalue weighted by atomic mass is 10.1. The van der Waals surface area contributed by atoms with Crippen molar-refractivity contribution in [2.75, 3.05) is 39.4 Å². The van der Waals surface area contributed by atoms with Crippen molar-refractivity contribution in [2.24, 2.45) is 0 Å². The molecule has 2 unspecified atom stereocenters. The molecule has 2 atom stereocenters. The van der Waals surface area contributed by atoms with Crippen LogP contribution >= 0.6 is 0 Å². The Bertz CT molecular complexity index is 529. The molecule has 2 fully saturated rings. The second-order valence-corrected chi connectivity index (χ2v) is 5.84. The minimum atomic E-state index is -5.59. The van der Waals surface area contributed by atoms with Crippen molar-refractivity contribution in [1.82, 2.24) is 9.80 Å². The van der Waals surface area contributed by atoms with Crippen LogP contribution in [0.4, 0.5) is 43.9 Å². The van der Waals surface area contributed by atoms with Crippen LogP contribution in [0.25, 0.3) is 0 Å². The first-order valence-corrected chi connectivity index (χ1v) is 7.54. The Labute approximate surface area is 146 Å². The highest BCUT2D eigenvalue weighted by molar-refractivity contribution is 5.13. The number of hydrogen-bond donors (Lipinski definition) is 0. The summed E-state index contributed by atoms with van der Waals surface area (Å²) >= 11 is 0. The molecule has 27 heavy (non-hydrogen) atoms. The van der Waals surface area contributed by atoms with Gasteiger partial charge in [-0.15, -0.1) is 0 Å². The van der Waals surface area contributed by atoms with E-state index in [0.717, 1.165) is 4.90 Å². The Balaban J connectivity index is 2.45. The molecule has 0 aromatic carbocycles. The first-order valence-electron chi connectivity index (χ1n) is 7.54. The highest BCUT2D eigenvalue weighted by Crippen LogP contribution is 2.38. The Morgan fingerprint density at radius 1 is 0.741 bits per heavy atom. The lowest BCUT2D eigenvalue weighted by Gasteiger charge is -2.44. The second-order valence-electron chi connectivity index (χ2n) is 5.84. The van der Waals surface area contributed by atoms with E-state index in [1.165, 1.54) is 0 Å². The van der Waals surface area contributed by atoms with Gasteiger partial charge in [-0.25, -0.2) is 0 Å². The van der Waals surface area contributed by atoms with Crippen molar-refractivity contribution in [1.29, 1.82) is 0 Å². The van der Waals surface area contributed by atoms with Crippen LogP contribution in [0, 0.1) is 0 Å². The van der Waals surface area contributed by atoms with Gasteiger partial charge >= 0.3 is 18.5 Å². The monoisotopic (exact) mass is 420 g/mol. The molecule has 158 valence electrons. The molecule has 0 spiro atoms. The van der Waals surface area contributed by atoms with Crippen LogP contribution in [0.2, 0.25) is 0 Å². The van der Waals surface area contributed by atoms with Gasteiger partial charge in [-0.05, 0) is 0 Å². The van der Waals surface area contributed by atoms with Gasteiger partial charge in [-0.2, -0.15) is 43.9 Å². The Morgan fingerprint density at radius 3 is 1.56 bits per heavy atom. The highest BCUT2D eigenvalue weighted by Gasteiger charge is 2.54. The molecule has 0 N–H and O–H groups in total. The molecule has 0 saturated carbocycles. The van der Waals surface area contributed by atoms with Gasteiger partial charge in [0, 0.05) is 13.1 Å². The summed E-state index contributed by atoms with van der Waals surface area (Å²) in [6, 6.07) is 0. The lowest BCUT2D eigenvalue weighted by Crippen LogP contribution is -2.59. The van der Waals surface area contributed by atoms with Gasteiger partial charge < -0.3 is 19.3 Å². The van der Waals surface area contributed by atoms with Gasteiger partial charge in [0.05, 0.1) is 26.3 Å². The van der Waals surface area contributed by atoms with Crippen LogP contribution in [0.15, 0.2) is 11.6 Å². The first-order chi connectivity index (χ1) is 12.2. The van der Waals surface area contributed by atoms with Gasteiger partial charge in [0.15, 0.2) is 12.2 Å². The molecule has 2 aliphatic rings. The summed E-state index contributed by atoms with van der Waals surface area (Å²) in [5.41, 5.74) is 0. The van der Waals surface area contributed by atoms with E-state index in [1.54, 1.807) is 0 Å². The molecule has 0 aliphatic carbocycles. The summed E-state index contributed by atoms with van der Waals surface area (Å²) in [4.78, 5) is 0.812. The van der Waals surface area contributed by atoms with Crippen LogP contribution in [-0.4, -0.2) is 79.9 Å². The summed E-state index contributed by atoms with van der Waals surface area (Å²) in [5.74, 6) is -4.15. The zero-order valence-electron chi connectivity index (χ0n) is 13.4. The summed E-state index contributed by atoms with van der Waals surface area (Å²) in [6.07, 6.45) is -22.2. The van der Waals surface area contributed by atoms with Crippen LogP contribution in [-0.2, 0) is 9.47 Å². The predicted octanol–water partition coefficient (Wildman–Crippen LogP) is 3.21. The molecule has 2 aliphatic heterocycles. The van der Waals surface area contributed by atoms with Crippen LogP contribution in [0.5, 0.6) is 0 Å². The Kier molecular flexibility index (Phi) is 6.09. The van der Waals surface area contributed by atoms with Gasteiger partial charge in [0.2, 0.25) is 5.83 Å². The third-order valence-corrected chi connectivity index (χ3v) is 3.89. The number of allylic oxidation sites excluding steroid dienone is 1. The van der Waals surface area contributed by atoms with Crippen molar-refractivity contribution in [3.05, 3.63) is 11.6 Å². The Hall–Kier alpha value is -1.44. The molecule has 2 rings (SSSR count). The average Bonchev–Trinajstić information content (AvgIpc) is 2.53. The Morgan fingerprint density at radius 2 is 1.19 bits per heavy atom. The second kappa shape index (κ2) is 7.53. The molecule has 0 radical (unpaired) electrons. The number of ether oxygens (including phenoxy) is 2. The maximum absolute atomic E-state index is 14.0. The predicted molar refractivity (Wildman–Crippen MR) is 68.9 cm³/mol. The van der Waals surface area contributed by atoms with Crippen LogP contribution in [0.3, 0.4) is 0 Å². The minimum Gasteiger partial charge on any atom is -0.378 e. The van der Waals surface area contributed by atoms with Crippen molar-refractivity contribution >= 4 is 0 Å². The molecular weight excluding hydrogens is 406 g/mol. The van der Waals surface area contributed by atoms with Crippen LogP contribution < -0.4 is 0 Å². The van der Waals surface area contributed by atoms with Crippen molar-refractivity contribution in [3.63, 3.8) is 0 Å². The van der Waals surface area contributed by atoms with E-state index >= 15 is 0 Å². The summed E-state index contributed by atoms with van der Waals surface area (Å²) in [6.45, 7) is -3.81. The standard InChI is InChI=1S/C13H14F10N2O2/c14-9(13(21,22)23)10(24-1-3-26-4-2-24)25-5-7(11(15,16)17)27-8(6-25)12(18,19)20/h7-8H,1-6H2/b10-9-. The summed E-state index contributed by atoms with van der Waals surface area (Å²) in [5, 5.41) is 0. The van der Waals surface area contributed by atoms with Crippen molar-refractivity contribution in [2.45, 2.75) is 30.7 Å². The normalized spacial score (nSPS) is 26.9. The molecule has 0 aromatic rings. The zero-order valence-corrected chi connectivity index (χ0v) is 13.4. The molecule has 0 aromatic heterocycles. The van der Waals surface area contributed by atoms with Gasteiger partial charge in [-0.3, -0.25) is 0 Å². The SMILES string of the molecule is F/C(=C(/N1CCOCC1)N1CC(C(F)(F)F)OC(C(F)(F)F)C1)C(F)(F)F. The fraction of sp³-hybridized carbons (Fsp3) is 0.846.